The van der Waals surface area contributed by atoms with E-state index in [1.165, 1.54) is 0 Å². The highest BCUT2D eigenvalue weighted by atomic mass is 16.2. The van der Waals surface area contributed by atoms with Crippen molar-refractivity contribution in [3.63, 3.8) is 0 Å². The molecule has 1 amide bonds. The molecule has 2 N–H and O–H groups in total. The van der Waals surface area contributed by atoms with Gasteiger partial charge >= 0.3 is 0 Å². The fourth-order valence-corrected chi connectivity index (χ4v) is 2.41. The Bertz CT molecular complexity index is 601. The summed E-state index contributed by atoms with van der Waals surface area (Å²) in [5.74, 6) is 1.60. The molecule has 1 aliphatic heterocycles. The van der Waals surface area contributed by atoms with Crippen LogP contribution in [0.1, 0.15) is 42.7 Å². The number of H-pyrrole nitrogens is 2. The van der Waals surface area contributed by atoms with Gasteiger partial charge in [0.1, 0.15) is 5.82 Å². The summed E-state index contributed by atoms with van der Waals surface area (Å²) < 4.78 is 0. The van der Waals surface area contributed by atoms with Crippen LogP contribution in [0, 0.1) is 0 Å². The number of aryl methyl sites for hydroxylation is 1. The number of rotatable bonds is 2. The van der Waals surface area contributed by atoms with Crippen LogP contribution in [0.2, 0.25) is 0 Å². The minimum absolute atomic E-state index is 0.0355. The van der Waals surface area contributed by atoms with Crippen LogP contribution in [-0.4, -0.2) is 42.7 Å². The van der Waals surface area contributed by atoms with E-state index in [4.69, 9.17) is 0 Å². The van der Waals surface area contributed by atoms with Gasteiger partial charge in [0, 0.05) is 32.0 Å². The lowest BCUT2D eigenvalue weighted by Crippen LogP contribution is -2.37. The van der Waals surface area contributed by atoms with E-state index in [2.05, 4.69) is 25.4 Å². The molecule has 0 radical (unpaired) electrons. The van der Waals surface area contributed by atoms with Crippen molar-refractivity contribution in [2.75, 3.05) is 6.54 Å². The number of carbonyl (C=O) groups excluding carboxylic acids is 1. The zero-order valence-electron chi connectivity index (χ0n) is 11.0. The summed E-state index contributed by atoms with van der Waals surface area (Å²) in [6, 6.07) is 0. The van der Waals surface area contributed by atoms with Crippen LogP contribution in [-0.2, 0) is 17.8 Å². The van der Waals surface area contributed by atoms with Gasteiger partial charge in [0.2, 0.25) is 5.91 Å². The first-order valence-electron chi connectivity index (χ1n) is 6.37. The van der Waals surface area contributed by atoms with E-state index in [9.17, 15) is 4.79 Å². The molecule has 0 saturated carbocycles. The Kier molecular flexibility index (Phi) is 2.81. The second kappa shape index (κ2) is 4.49. The van der Waals surface area contributed by atoms with Crippen molar-refractivity contribution in [3.8, 4) is 0 Å². The number of aromatic nitrogens is 5. The predicted octanol–water partition coefficient (Wildman–Crippen LogP) is 0.584. The molecule has 100 valence electrons. The summed E-state index contributed by atoms with van der Waals surface area (Å²) >= 11 is 0. The van der Waals surface area contributed by atoms with Gasteiger partial charge in [0.05, 0.1) is 17.8 Å². The molecule has 0 aliphatic carbocycles. The maximum absolute atomic E-state index is 11.6. The van der Waals surface area contributed by atoms with Crippen LogP contribution in [0.25, 0.3) is 0 Å². The van der Waals surface area contributed by atoms with E-state index in [0.717, 1.165) is 23.5 Å². The maximum atomic E-state index is 11.6. The zero-order chi connectivity index (χ0) is 13.4. The van der Waals surface area contributed by atoms with Crippen molar-refractivity contribution in [3.05, 3.63) is 29.1 Å². The molecule has 1 aliphatic rings. The van der Waals surface area contributed by atoms with Crippen LogP contribution >= 0.6 is 0 Å². The largest absolute Gasteiger partial charge is 0.337 e. The Morgan fingerprint density at radius 1 is 1.53 bits per heavy atom. The Balaban J connectivity index is 1.98. The molecule has 7 nitrogen and oxygen atoms in total. The van der Waals surface area contributed by atoms with Crippen molar-refractivity contribution in [2.24, 2.45) is 0 Å². The predicted molar refractivity (Wildman–Crippen MR) is 67.3 cm³/mol. The molecule has 1 atom stereocenters. The van der Waals surface area contributed by atoms with Crippen molar-refractivity contribution in [2.45, 2.75) is 32.7 Å². The summed E-state index contributed by atoms with van der Waals surface area (Å²) in [7, 11) is 0. The second-order valence-electron chi connectivity index (χ2n) is 4.75. The second-order valence-corrected chi connectivity index (χ2v) is 4.75. The normalized spacial score (nSPS) is 18.4. The molecule has 1 unspecified atom stereocenters. The van der Waals surface area contributed by atoms with Crippen molar-refractivity contribution >= 4 is 5.91 Å². The van der Waals surface area contributed by atoms with Gasteiger partial charge in [0.15, 0.2) is 5.82 Å². The van der Waals surface area contributed by atoms with E-state index in [0.29, 0.717) is 18.9 Å². The molecule has 3 rings (SSSR count). The number of fused-ring (bicyclic) bond motifs is 1. The average molecular weight is 260 g/mol. The quantitative estimate of drug-likeness (QED) is 0.826. The molecule has 0 spiro atoms. The minimum atomic E-state index is -0.0355. The van der Waals surface area contributed by atoms with E-state index in [1.54, 1.807) is 18.0 Å². The standard InChI is InChI=1S/C12H16N6O/c1-3-10-14-12(17-15-10)9-6-18(7(2)19)5-8-4-13-16-11(8)9/h4,9H,3,5-6H2,1-2H3,(H,13,16)(H,14,15,17). The smallest absolute Gasteiger partial charge is 0.219 e. The van der Waals surface area contributed by atoms with Crippen LogP contribution in [0.3, 0.4) is 0 Å². The number of carbonyl (C=O) groups is 1. The third kappa shape index (κ3) is 2.00. The third-order valence-electron chi connectivity index (χ3n) is 3.50. The van der Waals surface area contributed by atoms with Gasteiger partial charge in [-0.1, -0.05) is 6.92 Å². The summed E-state index contributed by atoms with van der Waals surface area (Å²) in [5, 5.41) is 14.3. The summed E-state index contributed by atoms with van der Waals surface area (Å²) in [6.45, 7) is 4.79. The van der Waals surface area contributed by atoms with E-state index < -0.39 is 0 Å². The van der Waals surface area contributed by atoms with Crippen molar-refractivity contribution < 1.29 is 4.79 Å². The summed E-state index contributed by atoms with van der Waals surface area (Å²) in [5.41, 5.74) is 2.05. The topological polar surface area (TPSA) is 90.6 Å². The van der Waals surface area contributed by atoms with Crippen LogP contribution < -0.4 is 0 Å². The minimum Gasteiger partial charge on any atom is -0.337 e. The lowest BCUT2D eigenvalue weighted by atomic mass is 9.96. The molecule has 3 heterocycles. The molecular formula is C12H16N6O. The number of amides is 1. The van der Waals surface area contributed by atoms with Crippen molar-refractivity contribution in [1.82, 2.24) is 30.3 Å². The molecule has 2 aromatic rings. The number of nitrogens with one attached hydrogen (secondary N) is 2. The van der Waals surface area contributed by atoms with E-state index >= 15 is 0 Å². The van der Waals surface area contributed by atoms with Gasteiger partial charge in [-0.25, -0.2) is 4.98 Å². The first-order valence-corrected chi connectivity index (χ1v) is 6.37. The van der Waals surface area contributed by atoms with Gasteiger partial charge in [0.25, 0.3) is 0 Å². The summed E-state index contributed by atoms with van der Waals surface area (Å²) in [6.07, 6.45) is 2.58. The van der Waals surface area contributed by atoms with Gasteiger partial charge in [-0.05, 0) is 0 Å². The van der Waals surface area contributed by atoms with Gasteiger partial charge < -0.3 is 4.90 Å². The highest BCUT2D eigenvalue weighted by Gasteiger charge is 2.31. The monoisotopic (exact) mass is 260 g/mol. The lowest BCUT2D eigenvalue weighted by Gasteiger charge is -2.30. The molecule has 0 saturated heterocycles. The molecule has 19 heavy (non-hydrogen) atoms. The van der Waals surface area contributed by atoms with Gasteiger partial charge in [-0.2, -0.15) is 10.2 Å². The van der Waals surface area contributed by atoms with Crippen LogP contribution in [0.15, 0.2) is 6.20 Å². The first-order chi connectivity index (χ1) is 9.19. The molecule has 0 bridgehead atoms. The molecule has 0 fully saturated rings. The number of hydrogen-bond acceptors (Lipinski definition) is 4. The third-order valence-corrected chi connectivity index (χ3v) is 3.50. The van der Waals surface area contributed by atoms with Crippen molar-refractivity contribution in [1.29, 1.82) is 0 Å². The summed E-state index contributed by atoms with van der Waals surface area (Å²) in [4.78, 5) is 17.9. The number of aromatic amines is 2. The Morgan fingerprint density at radius 2 is 2.37 bits per heavy atom. The highest BCUT2D eigenvalue weighted by Crippen LogP contribution is 2.30. The fourth-order valence-electron chi connectivity index (χ4n) is 2.41. The Hall–Kier alpha value is -2.18. The van der Waals surface area contributed by atoms with E-state index in [-0.39, 0.29) is 11.8 Å². The SMILES string of the molecule is CCc1nc(C2CN(C(C)=O)Cc3cn[nH]c32)n[nH]1. The van der Waals surface area contributed by atoms with Gasteiger partial charge in [-0.3, -0.25) is 15.0 Å². The van der Waals surface area contributed by atoms with Crippen LogP contribution in [0.5, 0.6) is 0 Å². The Labute approximate surface area is 110 Å². The molecular weight excluding hydrogens is 244 g/mol. The van der Waals surface area contributed by atoms with Gasteiger partial charge in [-0.15, -0.1) is 0 Å². The number of hydrogen-bond donors (Lipinski definition) is 2. The maximum Gasteiger partial charge on any atom is 0.219 e. The fraction of sp³-hybridized carbons (Fsp3) is 0.500. The van der Waals surface area contributed by atoms with Crippen LogP contribution in [0.4, 0.5) is 0 Å². The Morgan fingerprint density at radius 3 is 3.05 bits per heavy atom. The lowest BCUT2D eigenvalue weighted by molar-refractivity contribution is -0.129. The first kappa shape index (κ1) is 11.9. The zero-order valence-corrected chi connectivity index (χ0v) is 11.0. The average Bonchev–Trinajstić information content (AvgIpc) is 3.06. The highest BCUT2D eigenvalue weighted by molar-refractivity contribution is 5.73. The number of nitrogens with zero attached hydrogens (tertiary/aromatic N) is 4. The van der Waals surface area contributed by atoms with E-state index in [1.807, 2.05) is 6.92 Å². The molecule has 0 aromatic carbocycles. The molecule has 2 aromatic heterocycles. The molecule has 7 heteroatoms.